The van der Waals surface area contributed by atoms with E-state index in [0.29, 0.717) is 17.8 Å². The van der Waals surface area contributed by atoms with Crippen LogP contribution in [0.25, 0.3) is 0 Å². The summed E-state index contributed by atoms with van der Waals surface area (Å²) in [6, 6.07) is 5.20. The third-order valence-corrected chi connectivity index (χ3v) is 7.00. The maximum Gasteiger partial charge on any atom is 0.416 e. The number of carbonyl (C=O) groups is 1. The number of benzene rings is 1. The van der Waals surface area contributed by atoms with Crippen LogP contribution in [-0.2, 0) is 16.2 Å². The van der Waals surface area contributed by atoms with Gasteiger partial charge in [-0.05, 0) is 18.2 Å². The van der Waals surface area contributed by atoms with Gasteiger partial charge in [0.15, 0.2) is 0 Å². The summed E-state index contributed by atoms with van der Waals surface area (Å²) in [6.07, 6.45) is -4.65. The SMILES string of the molecule is CN(C)c1cc(C(=O)N2CCN(S(=O)(=O)c3cccc(C(F)(F)F)c3)CC2)nc(N(C)C)n1. The second kappa shape index (κ2) is 9.14. The molecule has 13 heteroatoms. The summed E-state index contributed by atoms with van der Waals surface area (Å²) < 4.78 is 65.8. The van der Waals surface area contributed by atoms with Crippen LogP contribution < -0.4 is 9.80 Å². The molecular weight excluding hydrogens is 461 g/mol. The fourth-order valence-corrected chi connectivity index (χ4v) is 4.70. The fraction of sp³-hybridized carbons (Fsp3) is 0.450. The molecule has 1 aromatic heterocycles. The maximum atomic E-state index is 13.0. The number of anilines is 2. The van der Waals surface area contributed by atoms with E-state index < -0.39 is 26.7 Å². The van der Waals surface area contributed by atoms with Crippen molar-refractivity contribution in [3.8, 4) is 0 Å². The van der Waals surface area contributed by atoms with E-state index in [0.717, 1.165) is 22.5 Å². The van der Waals surface area contributed by atoms with Crippen LogP contribution in [0.3, 0.4) is 0 Å². The monoisotopic (exact) mass is 486 g/mol. The van der Waals surface area contributed by atoms with E-state index in [4.69, 9.17) is 0 Å². The molecule has 1 amide bonds. The smallest absolute Gasteiger partial charge is 0.363 e. The topological polar surface area (TPSA) is 90.0 Å². The molecule has 0 spiro atoms. The highest BCUT2D eigenvalue weighted by Crippen LogP contribution is 2.31. The summed E-state index contributed by atoms with van der Waals surface area (Å²) in [5.41, 5.74) is -0.860. The predicted molar refractivity (Wildman–Crippen MR) is 117 cm³/mol. The molecule has 1 aliphatic heterocycles. The first-order valence-electron chi connectivity index (χ1n) is 10.0. The fourth-order valence-electron chi connectivity index (χ4n) is 3.24. The summed E-state index contributed by atoms with van der Waals surface area (Å²) in [6.45, 7) is 0.0677. The van der Waals surface area contributed by atoms with Crippen LogP contribution >= 0.6 is 0 Å². The molecule has 0 atom stereocenters. The Bertz CT molecular complexity index is 1100. The molecule has 2 heterocycles. The first kappa shape index (κ1) is 24.7. The van der Waals surface area contributed by atoms with E-state index in [9.17, 15) is 26.4 Å². The lowest BCUT2D eigenvalue weighted by atomic mass is 10.2. The van der Waals surface area contributed by atoms with Gasteiger partial charge in [-0.25, -0.2) is 13.4 Å². The van der Waals surface area contributed by atoms with Crippen LogP contribution in [0.1, 0.15) is 16.1 Å². The quantitative estimate of drug-likeness (QED) is 0.636. The zero-order chi connectivity index (χ0) is 24.6. The second-order valence-electron chi connectivity index (χ2n) is 7.92. The highest BCUT2D eigenvalue weighted by atomic mass is 32.2. The highest BCUT2D eigenvalue weighted by molar-refractivity contribution is 7.89. The van der Waals surface area contributed by atoms with Gasteiger partial charge < -0.3 is 14.7 Å². The molecule has 1 saturated heterocycles. The van der Waals surface area contributed by atoms with Gasteiger partial charge in [0.1, 0.15) is 11.5 Å². The number of amides is 1. The Morgan fingerprint density at radius 3 is 2.15 bits per heavy atom. The van der Waals surface area contributed by atoms with Crippen molar-refractivity contribution in [1.29, 1.82) is 0 Å². The van der Waals surface area contributed by atoms with Crippen LogP contribution in [0.15, 0.2) is 35.2 Å². The zero-order valence-corrected chi connectivity index (χ0v) is 19.5. The van der Waals surface area contributed by atoms with Crippen molar-refractivity contribution in [2.45, 2.75) is 11.1 Å². The molecule has 2 aromatic rings. The van der Waals surface area contributed by atoms with E-state index in [1.165, 1.54) is 4.90 Å². The highest BCUT2D eigenvalue weighted by Gasteiger charge is 2.35. The molecule has 0 saturated carbocycles. The summed E-state index contributed by atoms with van der Waals surface area (Å²) in [5.74, 6) is 0.526. The number of hydrogen-bond donors (Lipinski definition) is 0. The van der Waals surface area contributed by atoms with Gasteiger partial charge in [-0.2, -0.15) is 22.5 Å². The van der Waals surface area contributed by atoms with E-state index in [-0.39, 0.29) is 37.8 Å². The second-order valence-corrected chi connectivity index (χ2v) is 9.86. The van der Waals surface area contributed by atoms with E-state index in [2.05, 4.69) is 9.97 Å². The van der Waals surface area contributed by atoms with Crippen LogP contribution in [-0.4, -0.2) is 87.9 Å². The van der Waals surface area contributed by atoms with Crippen molar-refractivity contribution in [3.05, 3.63) is 41.6 Å². The number of carbonyl (C=O) groups excluding carboxylic acids is 1. The molecule has 0 N–H and O–H groups in total. The van der Waals surface area contributed by atoms with Crippen LogP contribution in [0.5, 0.6) is 0 Å². The lowest BCUT2D eigenvalue weighted by Gasteiger charge is -2.34. The Hall–Kier alpha value is -2.93. The molecule has 180 valence electrons. The Morgan fingerprint density at radius 1 is 0.970 bits per heavy atom. The molecular formula is C20H25F3N6O3S. The number of rotatable bonds is 5. The standard InChI is InChI=1S/C20H25F3N6O3S/c1-26(2)17-13-16(24-19(25-17)27(3)4)18(30)28-8-10-29(11-9-28)33(31,32)15-7-5-6-14(12-15)20(21,22)23/h5-7,12-13H,8-11H2,1-4H3. The Balaban J connectivity index is 1.77. The molecule has 0 bridgehead atoms. The van der Waals surface area contributed by atoms with Crippen LogP contribution in [0, 0.1) is 0 Å². The van der Waals surface area contributed by atoms with Gasteiger partial charge in [0.05, 0.1) is 10.5 Å². The Kier molecular flexibility index (Phi) is 6.84. The molecule has 9 nitrogen and oxygen atoms in total. The summed E-state index contributed by atoms with van der Waals surface area (Å²) >= 11 is 0. The Labute approximate surface area is 190 Å². The number of sulfonamides is 1. The lowest BCUT2D eigenvalue weighted by molar-refractivity contribution is -0.137. The van der Waals surface area contributed by atoms with Crippen molar-refractivity contribution < 1.29 is 26.4 Å². The molecule has 1 aliphatic rings. The number of aromatic nitrogens is 2. The van der Waals surface area contributed by atoms with Crippen molar-refractivity contribution in [1.82, 2.24) is 19.2 Å². The molecule has 1 aromatic carbocycles. The van der Waals surface area contributed by atoms with Crippen molar-refractivity contribution in [2.75, 3.05) is 64.2 Å². The van der Waals surface area contributed by atoms with Gasteiger partial charge in [-0.3, -0.25) is 4.79 Å². The third kappa shape index (κ3) is 5.36. The minimum atomic E-state index is -4.65. The number of hydrogen-bond acceptors (Lipinski definition) is 7. The van der Waals surface area contributed by atoms with Gasteiger partial charge in [0, 0.05) is 60.4 Å². The number of nitrogens with zero attached hydrogens (tertiary/aromatic N) is 6. The van der Waals surface area contributed by atoms with Gasteiger partial charge in [-0.1, -0.05) is 6.07 Å². The minimum absolute atomic E-state index is 0.0452. The third-order valence-electron chi connectivity index (χ3n) is 5.10. The summed E-state index contributed by atoms with van der Waals surface area (Å²) in [5, 5.41) is 0. The molecule has 0 unspecified atom stereocenters. The van der Waals surface area contributed by atoms with Crippen molar-refractivity contribution >= 4 is 27.7 Å². The van der Waals surface area contributed by atoms with E-state index in [1.54, 1.807) is 44.1 Å². The first-order chi connectivity index (χ1) is 15.3. The summed E-state index contributed by atoms with van der Waals surface area (Å²) in [4.78, 5) is 26.1. The molecule has 3 rings (SSSR count). The van der Waals surface area contributed by atoms with Gasteiger partial charge in [0.2, 0.25) is 16.0 Å². The molecule has 33 heavy (non-hydrogen) atoms. The van der Waals surface area contributed by atoms with Gasteiger partial charge in [0.25, 0.3) is 5.91 Å². The van der Waals surface area contributed by atoms with E-state index in [1.807, 2.05) is 0 Å². The van der Waals surface area contributed by atoms with Gasteiger partial charge in [-0.15, -0.1) is 0 Å². The minimum Gasteiger partial charge on any atom is -0.363 e. The zero-order valence-electron chi connectivity index (χ0n) is 18.7. The van der Waals surface area contributed by atoms with Crippen molar-refractivity contribution in [3.63, 3.8) is 0 Å². The number of piperazine rings is 1. The van der Waals surface area contributed by atoms with Gasteiger partial charge >= 0.3 is 6.18 Å². The molecule has 0 aliphatic carbocycles. The number of halogens is 3. The van der Waals surface area contributed by atoms with E-state index >= 15 is 0 Å². The largest absolute Gasteiger partial charge is 0.416 e. The average Bonchev–Trinajstić information content (AvgIpc) is 2.77. The first-order valence-corrected chi connectivity index (χ1v) is 11.4. The lowest BCUT2D eigenvalue weighted by Crippen LogP contribution is -2.50. The molecule has 0 radical (unpaired) electrons. The summed E-state index contributed by atoms with van der Waals surface area (Å²) in [7, 11) is 2.93. The number of alkyl halides is 3. The normalized spacial score (nSPS) is 15.4. The van der Waals surface area contributed by atoms with Crippen LogP contribution in [0.2, 0.25) is 0 Å². The predicted octanol–water partition coefficient (Wildman–Crippen LogP) is 1.77. The van der Waals surface area contributed by atoms with Crippen LogP contribution in [0.4, 0.5) is 24.9 Å². The molecule has 1 fully saturated rings. The average molecular weight is 487 g/mol. The maximum absolute atomic E-state index is 13.0. The van der Waals surface area contributed by atoms with Crippen molar-refractivity contribution in [2.24, 2.45) is 0 Å². The Morgan fingerprint density at radius 2 is 1.61 bits per heavy atom.